The number of hydrogen-bond donors (Lipinski definition) is 2. The normalized spacial score (nSPS) is 29.8. The molecular formula is C10H16N2O2. The average Bonchev–Trinajstić information content (AvgIpc) is 2.15. The Morgan fingerprint density at radius 2 is 2.43 bits per heavy atom. The van der Waals surface area contributed by atoms with Gasteiger partial charge in [-0.3, -0.25) is 4.79 Å². The summed E-state index contributed by atoms with van der Waals surface area (Å²) in [5.74, 6) is 4.68. The fourth-order valence-corrected chi connectivity index (χ4v) is 1.53. The van der Waals surface area contributed by atoms with Gasteiger partial charge in [0, 0.05) is 12.6 Å². The van der Waals surface area contributed by atoms with Crippen LogP contribution in [0, 0.1) is 11.8 Å². The zero-order chi connectivity index (χ0) is 10.6. The highest BCUT2D eigenvalue weighted by atomic mass is 16.5. The van der Waals surface area contributed by atoms with Crippen molar-refractivity contribution in [2.45, 2.75) is 38.5 Å². The smallest absolute Gasteiger partial charge is 0.296 e. The van der Waals surface area contributed by atoms with Crippen LogP contribution in [0.5, 0.6) is 0 Å². The molecule has 1 aliphatic carbocycles. The van der Waals surface area contributed by atoms with Crippen molar-refractivity contribution >= 4 is 5.91 Å². The van der Waals surface area contributed by atoms with Gasteiger partial charge in [0.15, 0.2) is 0 Å². The third-order valence-corrected chi connectivity index (χ3v) is 2.28. The van der Waals surface area contributed by atoms with Crippen LogP contribution in [0.4, 0.5) is 0 Å². The summed E-state index contributed by atoms with van der Waals surface area (Å²) in [7, 11) is 0. The first kappa shape index (κ1) is 11.0. The minimum absolute atomic E-state index is 0.00541. The maximum atomic E-state index is 11.1. The SMILES string of the molecule is CC#CC(=O)NC1C(N)CC1OCC. The van der Waals surface area contributed by atoms with E-state index in [4.69, 9.17) is 10.5 Å². The Balaban J connectivity index is 2.40. The fourth-order valence-electron chi connectivity index (χ4n) is 1.53. The summed E-state index contributed by atoms with van der Waals surface area (Å²) in [5.41, 5.74) is 5.74. The maximum absolute atomic E-state index is 11.1. The van der Waals surface area contributed by atoms with Gasteiger partial charge in [0.25, 0.3) is 5.91 Å². The topological polar surface area (TPSA) is 64.4 Å². The van der Waals surface area contributed by atoms with Gasteiger partial charge < -0.3 is 15.8 Å². The lowest BCUT2D eigenvalue weighted by molar-refractivity contribution is -0.120. The zero-order valence-corrected chi connectivity index (χ0v) is 8.54. The van der Waals surface area contributed by atoms with E-state index in [1.54, 1.807) is 6.92 Å². The van der Waals surface area contributed by atoms with Gasteiger partial charge in [0.05, 0.1) is 12.1 Å². The monoisotopic (exact) mass is 196 g/mol. The van der Waals surface area contributed by atoms with Crippen LogP contribution < -0.4 is 11.1 Å². The van der Waals surface area contributed by atoms with Crippen LogP contribution in [0.25, 0.3) is 0 Å². The van der Waals surface area contributed by atoms with Crippen LogP contribution in [0.15, 0.2) is 0 Å². The van der Waals surface area contributed by atoms with Crippen molar-refractivity contribution < 1.29 is 9.53 Å². The third kappa shape index (κ3) is 2.47. The molecule has 3 N–H and O–H groups in total. The summed E-state index contributed by atoms with van der Waals surface area (Å²) in [6.45, 7) is 4.19. The molecule has 0 aromatic carbocycles. The summed E-state index contributed by atoms with van der Waals surface area (Å²) >= 11 is 0. The molecule has 1 fully saturated rings. The van der Waals surface area contributed by atoms with E-state index < -0.39 is 0 Å². The molecule has 0 aromatic rings. The van der Waals surface area contributed by atoms with Crippen molar-refractivity contribution in [2.75, 3.05) is 6.61 Å². The van der Waals surface area contributed by atoms with Crippen LogP contribution in [-0.2, 0) is 9.53 Å². The Bertz CT molecular complexity index is 265. The van der Waals surface area contributed by atoms with Crippen LogP contribution in [0.3, 0.4) is 0 Å². The van der Waals surface area contributed by atoms with Crippen molar-refractivity contribution in [3.8, 4) is 11.8 Å². The van der Waals surface area contributed by atoms with E-state index in [0.29, 0.717) is 6.61 Å². The first-order valence-electron chi connectivity index (χ1n) is 4.79. The quantitative estimate of drug-likeness (QED) is 0.605. The van der Waals surface area contributed by atoms with E-state index in [9.17, 15) is 4.79 Å². The molecule has 14 heavy (non-hydrogen) atoms. The first-order valence-corrected chi connectivity index (χ1v) is 4.79. The lowest BCUT2D eigenvalue weighted by Crippen LogP contribution is -2.64. The Labute approximate surface area is 84.2 Å². The van der Waals surface area contributed by atoms with E-state index in [1.165, 1.54) is 0 Å². The first-order chi connectivity index (χ1) is 6.69. The summed E-state index contributed by atoms with van der Waals surface area (Å²) in [5, 5.41) is 2.74. The third-order valence-electron chi connectivity index (χ3n) is 2.28. The number of carbonyl (C=O) groups excluding carboxylic acids is 1. The van der Waals surface area contributed by atoms with E-state index in [1.807, 2.05) is 6.92 Å². The molecule has 0 aliphatic heterocycles. The van der Waals surface area contributed by atoms with E-state index in [2.05, 4.69) is 17.2 Å². The van der Waals surface area contributed by atoms with Gasteiger partial charge >= 0.3 is 0 Å². The number of rotatable bonds is 3. The molecular weight excluding hydrogens is 180 g/mol. The van der Waals surface area contributed by atoms with Crippen LogP contribution >= 0.6 is 0 Å². The number of hydrogen-bond acceptors (Lipinski definition) is 3. The lowest BCUT2D eigenvalue weighted by Gasteiger charge is -2.41. The predicted octanol–water partition coefficient (Wildman–Crippen LogP) is -0.369. The van der Waals surface area contributed by atoms with Gasteiger partial charge in [0.1, 0.15) is 0 Å². The van der Waals surface area contributed by atoms with Gasteiger partial charge in [-0.2, -0.15) is 0 Å². The second kappa shape index (κ2) is 4.99. The van der Waals surface area contributed by atoms with Gasteiger partial charge in [0.2, 0.25) is 0 Å². The molecule has 78 valence electrons. The molecule has 0 radical (unpaired) electrons. The molecule has 1 rings (SSSR count). The molecule has 1 saturated carbocycles. The minimum atomic E-state index is -0.280. The van der Waals surface area contributed by atoms with Crippen LogP contribution in [0.2, 0.25) is 0 Å². The molecule has 0 heterocycles. The Morgan fingerprint density at radius 1 is 1.71 bits per heavy atom. The molecule has 4 heteroatoms. The largest absolute Gasteiger partial charge is 0.376 e. The Kier molecular flexibility index (Phi) is 3.93. The summed E-state index contributed by atoms with van der Waals surface area (Å²) in [6.07, 6.45) is 0.857. The second-order valence-corrected chi connectivity index (χ2v) is 3.27. The van der Waals surface area contributed by atoms with E-state index in [-0.39, 0.29) is 24.1 Å². The van der Waals surface area contributed by atoms with Gasteiger partial charge in [-0.25, -0.2) is 0 Å². The van der Waals surface area contributed by atoms with Crippen LogP contribution in [0.1, 0.15) is 20.3 Å². The highest BCUT2D eigenvalue weighted by Crippen LogP contribution is 2.22. The lowest BCUT2D eigenvalue weighted by atomic mass is 9.83. The molecule has 4 nitrogen and oxygen atoms in total. The summed E-state index contributed by atoms with van der Waals surface area (Å²) < 4.78 is 5.40. The second-order valence-electron chi connectivity index (χ2n) is 3.27. The average molecular weight is 196 g/mol. The summed E-state index contributed by atoms with van der Waals surface area (Å²) in [4.78, 5) is 11.1. The molecule has 1 aliphatic rings. The minimum Gasteiger partial charge on any atom is -0.376 e. The number of nitrogens with two attached hydrogens (primary N) is 1. The standard InChI is InChI=1S/C10H16N2O2/c1-3-5-9(13)12-10-7(11)6-8(10)14-4-2/h7-8,10H,4,6,11H2,1-2H3,(H,12,13). The Hall–Kier alpha value is -1.05. The van der Waals surface area contributed by atoms with Crippen molar-refractivity contribution in [3.05, 3.63) is 0 Å². The molecule has 1 amide bonds. The van der Waals surface area contributed by atoms with Gasteiger partial charge in [-0.1, -0.05) is 5.92 Å². The highest BCUT2D eigenvalue weighted by molar-refractivity contribution is 5.93. The zero-order valence-electron chi connectivity index (χ0n) is 8.54. The molecule has 3 atom stereocenters. The van der Waals surface area contributed by atoms with Crippen molar-refractivity contribution in [1.29, 1.82) is 0 Å². The molecule has 0 bridgehead atoms. The predicted molar refractivity (Wildman–Crippen MR) is 53.4 cm³/mol. The van der Waals surface area contributed by atoms with E-state index in [0.717, 1.165) is 6.42 Å². The maximum Gasteiger partial charge on any atom is 0.296 e. The summed E-state index contributed by atoms with van der Waals surface area (Å²) in [6, 6.07) is -0.0857. The molecule has 0 spiro atoms. The van der Waals surface area contributed by atoms with E-state index >= 15 is 0 Å². The number of nitrogens with one attached hydrogen (secondary N) is 1. The van der Waals surface area contributed by atoms with Crippen molar-refractivity contribution in [1.82, 2.24) is 5.32 Å². The van der Waals surface area contributed by atoms with Crippen molar-refractivity contribution in [2.24, 2.45) is 5.73 Å². The number of carbonyl (C=O) groups is 1. The number of amides is 1. The highest BCUT2D eigenvalue weighted by Gasteiger charge is 2.40. The number of ether oxygens (including phenoxy) is 1. The molecule has 0 saturated heterocycles. The van der Waals surface area contributed by atoms with Gasteiger partial charge in [-0.05, 0) is 26.2 Å². The Morgan fingerprint density at radius 3 is 2.93 bits per heavy atom. The van der Waals surface area contributed by atoms with Gasteiger partial charge in [-0.15, -0.1) is 0 Å². The fraction of sp³-hybridized carbons (Fsp3) is 0.700. The van der Waals surface area contributed by atoms with Crippen LogP contribution in [-0.4, -0.2) is 30.7 Å². The molecule has 0 aromatic heterocycles. The van der Waals surface area contributed by atoms with Crippen molar-refractivity contribution in [3.63, 3.8) is 0 Å². The molecule has 3 unspecified atom stereocenters.